The maximum Gasteiger partial charge on any atom is 0.472 e. The van der Waals surface area contributed by atoms with Crippen molar-refractivity contribution in [2.75, 3.05) is 40.9 Å². The van der Waals surface area contributed by atoms with E-state index in [1.807, 2.05) is 21.1 Å². The van der Waals surface area contributed by atoms with E-state index in [1.165, 1.54) is 257 Å². The Balaban J connectivity index is 4.00. The third-order valence-corrected chi connectivity index (χ3v) is 18.4. The lowest BCUT2D eigenvalue weighted by Crippen LogP contribution is -2.46. The standard InChI is InChI=1S/C80H149N2O6P/c1-6-8-10-12-14-16-18-20-22-24-26-28-30-32-34-36-38-40-41-42-44-46-48-50-52-54-56-58-60-62-64-66-68-70-72-74-80(84)81-78(77-88-89(85,86)87-76-75-82(3,4)5)79(83)73-71-69-67-65-63-61-59-57-55-53-51-49-47-45-43-39-37-35-33-31-29-27-25-23-21-19-17-15-13-11-9-7-2/h8,10,14,16,20,22,26,28,32,34,38,40,42,44,78-79,83H,6-7,9,11-13,15,17-19,21,23-25,27,29-31,33,35-37,39,41,43,45-77H2,1-5H3,(H-,81,84,85,86)/p+1/b10-8-,16-14-,22-20-,28-26-,34-32-,40-38-,44-42-. The highest BCUT2D eigenvalue weighted by Gasteiger charge is 2.28. The molecule has 0 saturated heterocycles. The molecule has 89 heavy (non-hydrogen) atoms. The Kier molecular flexibility index (Phi) is 68.2. The average molecular weight is 1270 g/mol. The van der Waals surface area contributed by atoms with Crippen LogP contribution in [0.3, 0.4) is 0 Å². The summed E-state index contributed by atoms with van der Waals surface area (Å²) in [5.74, 6) is -0.143. The number of allylic oxidation sites excluding steroid dienone is 14. The fraction of sp³-hybridized carbons (Fsp3) is 0.812. The Hall–Kier alpha value is -2.32. The molecule has 0 heterocycles. The summed E-state index contributed by atoms with van der Waals surface area (Å²) in [6, 6.07) is -0.768. The molecule has 0 rings (SSSR count). The number of phosphoric ester groups is 1. The summed E-state index contributed by atoms with van der Waals surface area (Å²) in [4.78, 5) is 23.5. The third-order valence-electron chi connectivity index (χ3n) is 17.4. The van der Waals surface area contributed by atoms with Crippen molar-refractivity contribution >= 4 is 13.7 Å². The van der Waals surface area contributed by atoms with E-state index in [0.29, 0.717) is 23.9 Å². The topological polar surface area (TPSA) is 105 Å². The largest absolute Gasteiger partial charge is 0.472 e. The molecule has 520 valence electrons. The molecule has 0 radical (unpaired) electrons. The second-order valence-corrected chi connectivity index (χ2v) is 28.8. The van der Waals surface area contributed by atoms with E-state index in [2.05, 4.69) is 104 Å². The number of carbonyl (C=O) groups excluding carboxylic acids is 1. The summed E-state index contributed by atoms with van der Waals surface area (Å²) in [6.45, 7) is 4.82. The third kappa shape index (κ3) is 73.0. The van der Waals surface area contributed by atoms with Gasteiger partial charge in [0.1, 0.15) is 13.2 Å². The van der Waals surface area contributed by atoms with Gasteiger partial charge in [-0.3, -0.25) is 13.8 Å². The number of rotatable bonds is 71. The first-order valence-electron chi connectivity index (χ1n) is 38.5. The van der Waals surface area contributed by atoms with Gasteiger partial charge in [-0.2, -0.15) is 0 Å². The van der Waals surface area contributed by atoms with E-state index in [-0.39, 0.29) is 19.1 Å². The number of carbonyl (C=O) groups is 1. The first-order chi connectivity index (χ1) is 43.5. The average Bonchev–Trinajstić information content (AvgIpc) is 3.64. The van der Waals surface area contributed by atoms with Gasteiger partial charge in [0, 0.05) is 6.42 Å². The molecule has 0 aromatic carbocycles. The fourth-order valence-electron chi connectivity index (χ4n) is 11.5. The number of hydrogen-bond acceptors (Lipinski definition) is 5. The minimum Gasteiger partial charge on any atom is -0.391 e. The van der Waals surface area contributed by atoms with Gasteiger partial charge in [-0.1, -0.05) is 375 Å². The summed E-state index contributed by atoms with van der Waals surface area (Å²) in [5.41, 5.74) is 0. The molecular weight excluding hydrogens is 1120 g/mol. The summed E-state index contributed by atoms with van der Waals surface area (Å²) >= 11 is 0. The number of nitrogens with zero attached hydrogens (tertiary/aromatic N) is 1. The van der Waals surface area contributed by atoms with Crippen molar-refractivity contribution in [1.82, 2.24) is 5.32 Å². The number of amides is 1. The molecule has 0 saturated carbocycles. The van der Waals surface area contributed by atoms with Crippen LogP contribution in [0.25, 0.3) is 0 Å². The maximum absolute atomic E-state index is 13.1. The van der Waals surface area contributed by atoms with Crippen LogP contribution < -0.4 is 5.32 Å². The van der Waals surface area contributed by atoms with Crippen molar-refractivity contribution in [3.05, 3.63) is 85.1 Å². The second-order valence-electron chi connectivity index (χ2n) is 27.4. The Morgan fingerprint density at radius 2 is 0.674 bits per heavy atom. The first-order valence-corrected chi connectivity index (χ1v) is 39.9. The van der Waals surface area contributed by atoms with Crippen LogP contribution >= 0.6 is 7.82 Å². The van der Waals surface area contributed by atoms with Crippen molar-refractivity contribution in [2.24, 2.45) is 0 Å². The van der Waals surface area contributed by atoms with Gasteiger partial charge in [-0.05, 0) is 70.6 Å². The van der Waals surface area contributed by atoms with E-state index < -0.39 is 20.0 Å². The van der Waals surface area contributed by atoms with Crippen molar-refractivity contribution in [1.29, 1.82) is 0 Å². The lowest BCUT2D eigenvalue weighted by Gasteiger charge is -2.26. The molecular formula is C80H150N2O6P+. The molecule has 0 aliphatic rings. The zero-order chi connectivity index (χ0) is 64.8. The monoisotopic (exact) mass is 1270 g/mol. The van der Waals surface area contributed by atoms with Crippen molar-refractivity contribution in [2.45, 2.75) is 379 Å². The van der Waals surface area contributed by atoms with Gasteiger partial charge in [0.2, 0.25) is 5.91 Å². The van der Waals surface area contributed by atoms with E-state index in [4.69, 9.17) is 9.05 Å². The van der Waals surface area contributed by atoms with Crippen LogP contribution in [0, 0.1) is 0 Å². The number of aliphatic hydroxyl groups is 1. The molecule has 8 nitrogen and oxygen atoms in total. The van der Waals surface area contributed by atoms with Crippen LogP contribution in [0.4, 0.5) is 0 Å². The molecule has 3 unspecified atom stereocenters. The molecule has 1 amide bonds. The molecule has 0 bridgehead atoms. The van der Waals surface area contributed by atoms with Crippen molar-refractivity contribution in [3.63, 3.8) is 0 Å². The van der Waals surface area contributed by atoms with Gasteiger partial charge < -0.3 is 19.8 Å². The van der Waals surface area contributed by atoms with Crippen LogP contribution in [-0.2, 0) is 18.4 Å². The van der Waals surface area contributed by atoms with E-state index >= 15 is 0 Å². The zero-order valence-corrected chi connectivity index (χ0v) is 60.6. The summed E-state index contributed by atoms with van der Waals surface area (Å²) in [7, 11) is 1.62. The van der Waals surface area contributed by atoms with Gasteiger partial charge in [-0.15, -0.1) is 0 Å². The van der Waals surface area contributed by atoms with E-state index in [9.17, 15) is 19.4 Å². The molecule has 0 aromatic heterocycles. The lowest BCUT2D eigenvalue weighted by molar-refractivity contribution is -0.870. The number of aliphatic hydroxyl groups excluding tert-OH is 1. The smallest absolute Gasteiger partial charge is 0.391 e. The van der Waals surface area contributed by atoms with E-state index in [1.54, 1.807) is 0 Å². The fourth-order valence-corrected chi connectivity index (χ4v) is 12.2. The Labute approximate surface area is 554 Å². The number of quaternary nitrogens is 1. The number of hydrogen-bond donors (Lipinski definition) is 3. The highest BCUT2D eigenvalue weighted by Crippen LogP contribution is 2.43. The molecule has 0 aliphatic heterocycles. The Morgan fingerprint density at radius 3 is 0.989 bits per heavy atom. The van der Waals surface area contributed by atoms with Crippen molar-refractivity contribution < 1.29 is 32.9 Å². The van der Waals surface area contributed by atoms with Crippen LogP contribution in [0.2, 0.25) is 0 Å². The molecule has 0 aliphatic carbocycles. The zero-order valence-electron chi connectivity index (χ0n) is 59.7. The molecule has 0 fully saturated rings. The SMILES string of the molecule is CC/C=C\C/C=C\C/C=C\C/C=C\C/C=C\C/C=C\C/C=C\CCCCCCCCCCCCCCCC(=O)NC(COP(=O)(O)OCC[N+](C)(C)C)C(O)CCCCCCCCCCCCCCCCCCCCCCCCCCCCCCCCCC. The van der Waals surface area contributed by atoms with E-state index in [0.717, 1.165) is 83.5 Å². The minimum atomic E-state index is -4.34. The lowest BCUT2D eigenvalue weighted by atomic mass is 10.0. The molecule has 9 heteroatoms. The predicted molar refractivity (Wildman–Crippen MR) is 392 cm³/mol. The van der Waals surface area contributed by atoms with Gasteiger partial charge in [0.05, 0.1) is 39.9 Å². The number of phosphoric acid groups is 1. The highest BCUT2D eigenvalue weighted by atomic mass is 31.2. The summed E-state index contributed by atoms with van der Waals surface area (Å²) < 4.78 is 23.9. The molecule has 3 atom stereocenters. The van der Waals surface area contributed by atoms with Gasteiger partial charge >= 0.3 is 7.82 Å². The first kappa shape index (κ1) is 86.7. The summed E-state index contributed by atoms with van der Waals surface area (Å²) in [6.07, 6.45) is 100.0. The normalized spacial score (nSPS) is 14.0. The Bertz CT molecular complexity index is 1730. The maximum atomic E-state index is 13.1. The van der Waals surface area contributed by atoms with Crippen molar-refractivity contribution in [3.8, 4) is 0 Å². The molecule has 3 N–H and O–H groups in total. The second kappa shape index (κ2) is 70.0. The van der Waals surface area contributed by atoms with Crippen LogP contribution in [0.5, 0.6) is 0 Å². The molecule has 0 aromatic rings. The summed E-state index contributed by atoms with van der Waals surface area (Å²) in [5, 5.41) is 14.2. The quantitative estimate of drug-likeness (QED) is 0.0243. The Morgan fingerprint density at radius 1 is 0.393 bits per heavy atom. The van der Waals surface area contributed by atoms with Crippen LogP contribution in [-0.4, -0.2) is 73.4 Å². The van der Waals surface area contributed by atoms with Gasteiger partial charge in [0.25, 0.3) is 0 Å². The van der Waals surface area contributed by atoms with Gasteiger partial charge in [-0.25, -0.2) is 4.57 Å². The predicted octanol–water partition coefficient (Wildman–Crippen LogP) is 25.1. The van der Waals surface area contributed by atoms with Crippen LogP contribution in [0.1, 0.15) is 367 Å². The van der Waals surface area contributed by atoms with Crippen LogP contribution in [0.15, 0.2) is 85.1 Å². The molecule has 0 spiro atoms. The van der Waals surface area contributed by atoms with Gasteiger partial charge in [0.15, 0.2) is 0 Å². The number of unbranched alkanes of at least 4 members (excludes halogenated alkanes) is 44. The highest BCUT2D eigenvalue weighted by molar-refractivity contribution is 7.47. The number of nitrogens with one attached hydrogen (secondary N) is 1. The minimum absolute atomic E-state index is 0.0728. The number of likely N-dealkylation sites (N-methyl/N-ethyl adjacent to an activating group) is 1.